The maximum atomic E-state index is 12.9. The van der Waals surface area contributed by atoms with Crippen molar-refractivity contribution in [3.8, 4) is 0 Å². The first kappa shape index (κ1) is 20.2. The summed E-state index contributed by atoms with van der Waals surface area (Å²) in [4.78, 5) is 26.3. The summed E-state index contributed by atoms with van der Waals surface area (Å²) in [6.45, 7) is 0. The average Bonchev–Trinajstić information content (AvgIpc) is 2.78. The highest BCUT2D eigenvalue weighted by atomic mass is 32.2. The molecule has 152 valence electrons. The monoisotopic (exact) mass is 416 g/mol. The Kier molecular flexibility index (Phi) is 6.50. The fourth-order valence-electron chi connectivity index (χ4n) is 3.61. The van der Waals surface area contributed by atoms with Crippen LogP contribution >= 0.6 is 11.8 Å². The van der Waals surface area contributed by atoms with Gasteiger partial charge in [-0.1, -0.05) is 72.8 Å². The molecule has 0 aliphatic carbocycles. The highest BCUT2D eigenvalue weighted by Crippen LogP contribution is 2.36. The predicted molar refractivity (Wildman–Crippen MR) is 121 cm³/mol. The number of hydrogen-bond acceptors (Lipinski definition) is 3. The number of anilines is 1. The molecule has 2 unspecified atom stereocenters. The van der Waals surface area contributed by atoms with Crippen molar-refractivity contribution in [2.24, 2.45) is 0 Å². The van der Waals surface area contributed by atoms with Crippen LogP contribution in [0.4, 0.5) is 5.69 Å². The van der Waals surface area contributed by atoms with Crippen molar-refractivity contribution in [3.63, 3.8) is 0 Å². The number of amides is 2. The van der Waals surface area contributed by atoms with Crippen molar-refractivity contribution in [2.75, 3.05) is 5.32 Å². The van der Waals surface area contributed by atoms with Crippen LogP contribution < -0.4 is 10.6 Å². The molecule has 2 N–H and O–H groups in total. The number of aryl methyl sites for hydroxylation is 1. The molecule has 1 aliphatic heterocycles. The van der Waals surface area contributed by atoms with Crippen molar-refractivity contribution >= 4 is 29.3 Å². The summed E-state index contributed by atoms with van der Waals surface area (Å²) in [5.74, 6) is -0.224. The zero-order chi connectivity index (χ0) is 20.8. The predicted octanol–water partition coefficient (Wildman–Crippen LogP) is 4.98. The van der Waals surface area contributed by atoms with Gasteiger partial charge in [-0.3, -0.25) is 9.59 Å². The Morgan fingerprint density at radius 3 is 2.37 bits per heavy atom. The van der Waals surface area contributed by atoms with E-state index in [0.29, 0.717) is 0 Å². The third-order valence-electron chi connectivity index (χ3n) is 5.18. The number of thioether (sulfide) groups is 1. The smallest absolute Gasteiger partial charge is 0.238 e. The van der Waals surface area contributed by atoms with Crippen molar-refractivity contribution in [3.05, 3.63) is 96.1 Å². The summed E-state index contributed by atoms with van der Waals surface area (Å²) >= 11 is 1.45. The minimum absolute atomic E-state index is 0.0946. The molecular formula is C25H24N2O2S. The van der Waals surface area contributed by atoms with Gasteiger partial charge in [0.15, 0.2) is 0 Å². The van der Waals surface area contributed by atoms with Crippen molar-refractivity contribution in [1.82, 2.24) is 5.32 Å². The molecule has 1 aliphatic rings. The SMILES string of the molecule is O=C(CC1Sc2ccccc2NC1=O)NC(CCc1ccccc1)c1ccccc1. The molecule has 3 aromatic rings. The van der Waals surface area contributed by atoms with Crippen molar-refractivity contribution < 1.29 is 9.59 Å². The van der Waals surface area contributed by atoms with Crippen LogP contribution in [0.3, 0.4) is 0 Å². The molecule has 0 aromatic heterocycles. The van der Waals surface area contributed by atoms with Crippen molar-refractivity contribution in [2.45, 2.75) is 35.4 Å². The standard InChI is InChI=1S/C25H24N2O2S/c28-24(17-23-25(29)27-21-13-7-8-14-22(21)30-23)26-20(19-11-5-2-6-12-19)16-15-18-9-3-1-4-10-18/h1-14,20,23H,15-17H2,(H,26,28)(H,27,29). The van der Waals surface area contributed by atoms with E-state index < -0.39 is 5.25 Å². The maximum absolute atomic E-state index is 12.9. The molecule has 1 heterocycles. The lowest BCUT2D eigenvalue weighted by Crippen LogP contribution is -2.36. The molecular weight excluding hydrogens is 392 g/mol. The fourth-order valence-corrected chi connectivity index (χ4v) is 4.72. The Morgan fingerprint density at radius 1 is 0.933 bits per heavy atom. The number of fused-ring (bicyclic) bond motifs is 1. The number of hydrogen-bond donors (Lipinski definition) is 2. The zero-order valence-electron chi connectivity index (χ0n) is 16.6. The Hall–Kier alpha value is -3.05. The van der Waals surface area contributed by atoms with Crippen LogP contribution in [0.5, 0.6) is 0 Å². The highest BCUT2D eigenvalue weighted by Gasteiger charge is 2.29. The van der Waals surface area contributed by atoms with Gasteiger partial charge in [0.1, 0.15) is 0 Å². The molecule has 3 aromatic carbocycles. The lowest BCUT2D eigenvalue weighted by Gasteiger charge is -2.25. The van der Waals surface area contributed by atoms with E-state index in [9.17, 15) is 9.59 Å². The molecule has 0 spiro atoms. The first-order valence-corrected chi connectivity index (χ1v) is 11.0. The summed E-state index contributed by atoms with van der Waals surface area (Å²) in [5.41, 5.74) is 3.13. The maximum Gasteiger partial charge on any atom is 0.238 e. The Bertz CT molecular complexity index is 1010. The van der Waals surface area contributed by atoms with Gasteiger partial charge in [-0.05, 0) is 36.1 Å². The Labute approximate surface area is 181 Å². The van der Waals surface area contributed by atoms with Gasteiger partial charge in [0.2, 0.25) is 11.8 Å². The number of carbonyl (C=O) groups is 2. The largest absolute Gasteiger partial charge is 0.349 e. The lowest BCUT2D eigenvalue weighted by atomic mass is 9.98. The first-order valence-electron chi connectivity index (χ1n) is 10.1. The van der Waals surface area contributed by atoms with Crippen LogP contribution in [-0.2, 0) is 16.0 Å². The molecule has 2 atom stereocenters. The molecule has 2 amide bonds. The van der Waals surface area contributed by atoms with Gasteiger partial charge in [-0.15, -0.1) is 11.8 Å². The quantitative estimate of drug-likeness (QED) is 0.571. The van der Waals surface area contributed by atoms with E-state index >= 15 is 0 Å². The van der Waals surface area contributed by atoms with Crippen LogP contribution in [0.1, 0.15) is 30.0 Å². The van der Waals surface area contributed by atoms with Gasteiger partial charge in [0.05, 0.1) is 17.0 Å². The summed E-state index contributed by atoms with van der Waals surface area (Å²) in [5, 5.41) is 5.64. The van der Waals surface area contributed by atoms with Gasteiger partial charge in [0, 0.05) is 11.3 Å². The van der Waals surface area contributed by atoms with E-state index in [2.05, 4.69) is 22.8 Å². The summed E-state index contributed by atoms with van der Waals surface area (Å²) in [7, 11) is 0. The zero-order valence-corrected chi connectivity index (χ0v) is 17.4. The molecule has 0 radical (unpaired) electrons. The van der Waals surface area contributed by atoms with E-state index in [1.807, 2.05) is 72.8 Å². The fraction of sp³-hybridized carbons (Fsp3) is 0.200. The number of para-hydroxylation sites is 1. The minimum atomic E-state index is -0.426. The molecule has 30 heavy (non-hydrogen) atoms. The molecule has 0 saturated heterocycles. The van der Waals surface area contributed by atoms with E-state index in [1.165, 1.54) is 17.3 Å². The topological polar surface area (TPSA) is 58.2 Å². The molecule has 5 heteroatoms. The third-order valence-corrected chi connectivity index (χ3v) is 6.45. The van der Waals surface area contributed by atoms with Crippen LogP contribution in [0.2, 0.25) is 0 Å². The molecule has 4 rings (SSSR count). The second-order valence-electron chi connectivity index (χ2n) is 7.35. The highest BCUT2D eigenvalue weighted by molar-refractivity contribution is 8.01. The summed E-state index contributed by atoms with van der Waals surface area (Å²) < 4.78 is 0. The second kappa shape index (κ2) is 9.63. The van der Waals surface area contributed by atoms with Crippen molar-refractivity contribution in [1.29, 1.82) is 0 Å². The number of rotatable bonds is 7. The van der Waals surface area contributed by atoms with Gasteiger partial charge in [-0.25, -0.2) is 0 Å². The summed E-state index contributed by atoms with van der Waals surface area (Å²) in [6, 6.07) is 27.9. The molecule has 0 fully saturated rings. The van der Waals surface area contributed by atoms with Crippen LogP contribution in [0.15, 0.2) is 89.8 Å². The van der Waals surface area contributed by atoms with E-state index in [0.717, 1.165) is 29.0 Å². The van der Waals surface area contributed by atoms with E-state index in [-0.39, 0.29) is 24.3 Å². The van der Waals surface area contributed by atoms with Crippen LogP contribution in [0, 0.1) is 0 Å². The molecule has 4 nitrogen and oxygen atoms in total. The molecule has 0 saturated carbocycles. The van der Waals surface area contributed by atoms with Gasteiger partial charge >= 0.3 is 0 Å². The van der Waals surface area contributed by atoms with Gasteiger partial charge in [0.25, 0.3) is 0 Å². The molecule has 0 bridgehead atoms. The average molecular weight is 417 g/mol. The normalized spacial score (nSPS) is 16.3. The Balaban J connectivity index is 1.42. The van der Waals surface area contributed by atoms with Crippen LogP contribution in [-0.4, -0.2) is 17.1 Å². The number of benzene rings is 3. The second-order valence-corrected chi connectivity index (χ2v) is 8.60. The summed E-state index contributed by atoms with van der Waals surface area (Å²) in [6.07, 6.45) is 1.82. The Morgan fingerprint density at radius 2 is 1.60 bits per heavy atom. The third kappa shape index (κ3) is 5.10. The number of carbonyl (C=O) groups excluding carboxylic acids is 2. The van der Waals surface area contributed by atoms with Crippen LogP contribution in [0.25, 0.3) is 0 Å². The minimum Gasteiger partial charge on any atom is -0.349 e. The number of nitrogens with one attached hydrogen (secondary N) is 2. The van der Waals surface area contributed by atoms with Gasteiger partial charge in [-0.2, -0.15) is 0 Å². The lowest BCUT2D eigenvalue weighted by molar-refractivity contribution is -0.124. The first-order chi connectivity index (χ1) is 14.7. The van der Waals surface area contributed by atoms with E-state index in [4.69, 9.17) is 0 Å². The van der Waals surface area contributed by atoms with Gasteiger partial charge < -0.3 is 10.6 Å². The van der Waals surface area contributed by atoms with E-state index in [1.54, 1.807) is 0 Å².